The van der Waals surface area contributed by atoms with Crippen LogP contribution in [0.25, 0.3) is 0 Å². The Morgan fingerprint density at radius 3 is 2.23 bits per heavy atom. The van der Waals surface area contributed by atoms with Gasteiger partial charge in [-0.05, 0) is 25.3 Å². The average molecular weight is 185 g/mol. The van der Waals surface area contributed by atoms with Gasteiger partial charge in [-0.1, -0.05) is 46.5 Å². The third kappa shape index (κ3) is 6.09. The number of unbranched alkanes of at least 4 members (excludes halogenated alkanes) is 3. The zero-order chi connectivity index (χ0) is 10.2. The normalized spacial score (nSPS) is 15.7. The van der Waals surface area contributed by atoms with Crippen LogP contribution in [0, 0.1) is 5.41 Å². The van der Waals surface area contributed by atoms with E-state index in [1.807, 2.05) is 0 Å². The molecule has 0 aliphatic carbocycles. The van der Waals surface area contributed by atoms with Crippen LogP contribution >= 0.6 is 0 Å². The van der Waals surface area contributed by atoms with Crippen LogP contribution < -0.4 is 5.32 Å². The standard InChI is InChI=1S/C12H27N/c1-5-7-8-9-10-12(3,6-2)11-13-4/h13H,5-11H2,1-4H3. The molecule has 0 aromatic heterocycles. The second-order valence-electron chi connectivity index (χ2n) is 4.51. The third-order valence-electron chi connectivity index (χ3n) is 3.09. The van der Waals surface area contributed by atoms with Crippen molar-refractivity contribution in [3.8, 4) is 0 Å². The van der Waals surface area contributed by atoms with Crippen LogP contribution in [0.1, 0.15) is 59.3 Å². The minimum atomic E-state index is 0.530. The second kappa shape index (κ2) is 7.37. The van der Waals surface area contributed by atoms with Gasteiger partial charge in [-0.2, -0.15) is 0 Å². The van der Waals surface area contributed by atoms with E-state index in [9.17, 15) is 0 Å². The minimum Gasteiger partial charge on any atom is -0.319 e. The predicted molar refractivity (Wildman–Crippen MR) is 61.1 cm³/mol. The second-order valence-corrected chi connectivity index (χ2v) is 4.51. The lowest BCUT2D eigenvalue weighted by Crippen LogP contribution is -2.28. The van der Waals surface area contributed by atoms with E-state index in [1.54, 1.807) is 0 Å². The highest BCUT2D eigenvalue weighted by Crippen LogP contribution is 2.27. The highest BCUT2D eigenvalue weighted by molar-refractivity contribution is 4.74. The molecule has 0 heterocycles. The number of hydrogen-bond acceptors (Lipinski definition) is 1. The smallest absolute Gasteiger partial charge is 0.000205 e. The number of rotatable bonds is 8. The van der Waals surface area contributed by atoms with Crippen molar-refractivity contribution in [3.05, 3.63) is 0 Å². The average Bonchev–Trinajstić information content (AvgIpc) is 2.13. The zero-order valence-electron chi connectivity index (χ0n) is 9.95. The molecule has 0 aromatic carbocycles. The van der Waals surface area contributed by atoms with Crippen LogP contribution in [-0.4, -0.2) is 13.6 Å². The van der Waals surface area contributed by atoms with Gasteiger partial charge >= 0.3 is 0 Å². The molecule has 0 aromatic rings. The molecule has 0 aliphatic rings. The van der Waals surface area contributed by atoms with Crippen molar-refractivity contribution < 1.29 is 0 Å². The first kappa shape index (κ1) is 13.0. The summed E-state index contributed by atoms with van der Waals surface area (Å²) < 4.78 is 0. The van der Waals surface area contributed by atoms with Crippen molar-refractivity contribution >= 4 is 0 Å². The molecule has 0 bridgehead atoms. The van der Waals surface area contributed by atoms with Gasteiger partial charge < -0.3 is 5.32 Å². The van der Waals surface area contributed by atoms with Crippen LogP contribution in [-0.2, 0) is 0 Å². The van der Waals surface area contributed by atoms with Crippen molar-refractivity contribution in [2.75, 3.05) is 13.6 Å². The first-order chi connectivity index (χ1) is 6.18. The summed E-state index contributed by atoms with van der Waals surface area (Å²) in [4.78, 5) is 0. The van der Waals surface area contributed by atoms with Gasteiger partial charge in [0, 0.05) is 6.54 Å². The first-order valence-electron chi connectivity index (χ1n) is 5.83. The van der Waals surface area contributed by atoms with Crippen molar-refractivity contribution in [3.63, 3.8) is 0 Å². The fourth-order valence-electron chi connectivity index (χ4n) is 1.80. The van der Waals surface area contributed by atoms with E-state index in [0.29, 0.717) is 5.41 Å². The maximum Gasteiger partial charge on any atom is 0.000205 e. The first-order valence-corrected chi connectivity index (χ1v) is 5.83. The molecule has 0 radical (unpaired) electrons. The van der Waals surface area contributed by atoms with E-state index in [-0.39, 0.29) is 0 Å². The molecule has 0 rings (SSSR count). The van der Waals surface area contributed by atoms with Crippen LogP contribution in [0.3, 0.4) is 0 Å². The largest absolute Gasteiger partial charge is 0.319 e. The molecular formula is C12H27N. The zero-order valence-corrected chi connectivity index (χ0v) is 9.95. The van der Waals surface area contributed by atoms with Gasteiger partial charge in [-0.15, -0.1) is 0 Å². The molecule has 0 amide bonds. The van der Waals surface area contributed by atoms with Gasteiger partial charge in [-0.25, -0.2) is 0 Å². The van der Waals surface area contributed by atoms with E-state index < -0.39 is 0 Å². The Kier molecular flexibility index (Phi) is 7.35. The Morgan fingerprint density at radius 1 is 1.08 bits per heavy atom. The molecule has 0 saturated carbocycles. The molecule has 13 heavy (non-hydrogen) atoms. The van der Waals surface area contributed by atoms with Gasteiger partial charge in [0.15, 0.2) is 0 Å². The molecule has 80 valence electrons. The maximum atomic E-state index is 3.30. The van der Waals surface area contributed by atoms with Crippen molar-refractivity contribution in [2.45, 2.75) is 59.3 Å². The van der Waals surface area contributed by atoms with Crippen LogP contribution in [0.4, 0.5) is 0 Å². The third-order valence-corrected chi connectivity index (χ3v) is 3.09. The number of hydrogen-bond donors (Lipinski definition) is 1. The Hall–Kier alpha value is -0.0400. The lowest BCUT2D eigenvalue weighted by atomic mass is 9.82. The summed E-state index contributed by atoms with van der Waals surface area (Å²) in [7, 11) is 2.06. The summed E-state index contributed by atoms with van der Waals surface area (Å²) >= 11 is 0. The molecule has 1 atom stereocenters. The van der Waals surface area contributed by atoms with Crippen LogP contribution in [0.5, 0.6) is 0 Å². The quantitative estimate of drug-likeness (QED) is 0.570. The topological polar surface area (TPSA) is 12.0 Å². The molecule has 0 fully saturated rings. The van der Waals surface area contributed by atoms with E-state index in [4.69, 9.17) is 0 Å². The Bertz CT molecular complexity index is 112. The summed E-state index contributed by atoms with van der Waals surface area (Å²) in [5.41, 5.74) is 0.530. The van der Waals surface area contributed by atoms with Gasteiger partial charge in [0.2, 0.25) is 0 Å². The van der Waals surface area contributed by atoms with Crippen LogP contribution in [0.15, 0.2) is 0 Å². The Balaban J connectivity index is 3.57. The molecule has 0 aliphatic heterocycles. The Labute approximate surface area is 84.3 Å². The van der Waals surface area contributed by atoms with E-state index in [0.717, 1.165) is 6.54 Å². The molecule has 1 N–H and O–H groups in total. The summed E-state index contributed by atoms with van der Waals surface area (Å²) in [5.74, 6) is 0. The predicted octanol–water partition coefficient (Wildman–Crippen LogP) is 3.59. The summed E-state index contributed by atoms with van der Waals surface area (Å²) in [6.07, 6.45) is 8.23. The van der Waals surface area contributed by atoms with Gasteiger partial charge in [0.1, 0.15) is 0 Å². The number of nitrogens with one attached hydrogen (secondary N) is 1. The van der Waals surface area contributed by atoms with E-state index in [1.165, 1.54) is 38.5 Å². The highest BCUT2D eigenvalue weighted by Gasteiger charge is 2.19. The molecular weight excluding hydrogens is 158 g/mol. The highest BCUT2D eigenvalue weighted by atomic mass is 14.8. The van der Waals surface area contributed by atoms with Crippen molar-refractivity contribution in [1.29, 1.82) is 0 Å². The van der Waals surface area contributed by atoms with Gasteiger partial charge in [0.25, 0.3) is 0 Å². The van der Waals surface area contributed by atoms with Crippen LogP contribution in [0.2, 0.25) is 0 Å². The van der Waals surface area contributed by atoms with E-state index in [2.05, 4.69) is 33.1 Å². The Morgan fingerprint density at radius 2 is 1.77 bits per heavy atom. The lowest BCUT2D eigenvalue weighted by molar-refractivity contribution is 0.266. The molecule has 1 heteroatoms. The van der Waals surface area contributed by atoms with Gasteiger partial charge in [0.05, 0.1) is 0 Å². The summed E-state index contributed by atoms with van der Waals surface area (Å²) in [6, 6.07) is 0. The molecule has 0 saturated heterocycles. The SMILES string of the molecule is CCCCCCC(C)(CC)CNC. The van der Waals surface area contributed by atoms with Crippen molar-refractivity contribution in [2.24, 2.45) is 5.41 Å². The fraction of sp³-hybridized carbons (Fsp3) is 1.00. The summed E-state index contributed by atoms with van der Waals surface area (Å²) in [5, 5.41) is 3.30. The van der Waals surface area contributed by atoms with Crippen molar-refractivity contribution in [1.82, 2.24) is 5.32 Å². The fourth-order valence-corrected chi connectivity index (χ4v) is 1.80. The van der Waals surface area contributed by atoms with Gasteiger partial charge in [-0.3, -0.25) is 0 Å². The molecule has 1 unspecified atom stereocenters. The van der Waals surface area contributed by atoms with E-state index >= 15 is 0 Å². The lowest BCUT2D eigenvalue weighted by Gasteiger charge is -2.27. The minimum absolute atomic E-state index is 0.530. The molecule has 0 spiro atoms. The monoisotopic (exact) mass is 185 g/mol. The maximum absolute atomic E-state index is 3.30. The molecule has 1 nitrogen and oxygen atoms in total. The summed E-state index contributed by atoms with van der Waals surface area (Å²) in [6.45, 7) is 8.13.